The van der Waals surface area contributed by atoms with Crippen LogP contribution in [-0.4, -0.2) is 34.9 Å². The molecule has 4 rings (SSSR count). The van der Waals surface area contributed by atoms with Crippen LogP contribution in [0.3, 0.4) is 0 Å². The van der Waals surface area contributed by atoms with Crippen molar-refractivity contribution in [3.63, 3.8) is 0 Å². The van der Waals surface area contributed by atoms with Crippen molar-refractivity contribution < 1.29 is 4.79 Å². The molecule has 0 saturated carbocycles. The fourth-order valence-corrected chi connectivity index (χ4v) is 4.04. The van der Waals surface area contributed by atoms with Crippen molar-refractivity contribution in [1.29, 1.82) is 0 Å². The first kappa shape index (κ1) is 13.6. The van der Waals surface area contributed by atoms with Crippen LogP contribution in [0.2, 0.25) is 0 Å². The van der Waals surface area contributed by atoms with Gasteiger partial charge in [-0.2, -0.15) is 0 Å². The number of nitrogens with zero attached hydrogens (tertiary/aromatic N) is 1. The molecule has 3 N–H and O–H groups in total. The van der Waals surface area contributed by atoms with Crippen LogP contribution in [0.1, 0.15) is 24.5 Å². The molecule has 1 unspecified atom stereocenters. The molecule has 0 spiro atoms. The average molecular weight is 295 g/mol. The number of aromatic nitrogens is 1. The van der Waals surface area contributed by atoms with Crippen LogP contribution in [0.25, 0.3) is 16.5 Å². The topological polar surface area (TPSA) is 62.1 Å². The monoisotopic (exact) mass is 295 g/mol. The fraction of sp³-hybridized carbons (Fsp3) is 0.389. The molecule has 114 valence electrons. The van der Waals surface area contributed by atoms with E-state index in [0.717, 1.165) is 25.9 Å². The number of carbonyl (C=O) groups excluding carboxylic acids is 1. The first-order chi connectivity index (χ1) is 10.7. The number of aromatic amines is 1. The zero-order valence-electron chi connectivity index (χ0n) is 12.8. The number of fused-ring (bicyclic) bond motifs is 2. The lowest BCUT2D eigenvalue weighted by Crippen LogP contribution is -2.48. The zero-order chi connectivity index (χ0) is 15.3. The molecule has 0 saturated heterocycles. The van der Waals surface area contributed by atoms with Gasteiger partial charge < -0.3 is 10.7 Å². The van der Waals surface area contributed by atoms with E-state index in [-0.39, 0.29) is 11.8 Å². The number of primary amides is 1. The van der Waals surface area contributed by atoms with Gasteiger partial charge in [-0.05, 0) is 42.2 Å². The van der Waals surface area contributed by atoms with Gasteiger partial charge in [0.1, 0.15) is 0 Å². The van der Waals surface area contributed by atoms with Crippen LogP contribution >= 0.6 is 0 Å². The Morgan fingerprint density at radius 1 is 1.45 bits per heavy atom. The third-order valence-electron chi connectivity index (χ3n) is 5.00. The van der Waals surface area contributed by atoms with Gasteiger partial charge in [0.15, 0.2) is 0 Å². The summed E-state index contributed by atoms with van der Waals surface area (Å²) < 4.78 is 0. The Hall–Kier alpha value is -2.07. The Kier molecular flexibility index (Phi) is 3.08. The predicted molar refractivity (Wildman–Crippen MR) is 88.3 cm³/mol. The van der Waals surface area contributed by atoms with Crippen LogP contribution < -0.4 is 5.73 Å². The molecule has 0 fully saturated rings. The molecule has 4 heteroatoms. The molecule has 2 atom stereocenters. The van der Waals surface area contributed by atoms with Crippen molar-refractivity contribution in [2.75, 3.05) is 13.1 Å². The Balaban J connectivity index is 1.89. The average Bonchev–Trinajstić information content (AvgIpc) is 2.93. The van der Waals surface area contributed by atoms with Gasteiger partial charge >= 0.3 is 0 Å². The van der Waals surface area contributed by atoms with E-state index in [1.807, 2.05) is 0 Å². The molecule has 4 nitrogen and oxygen atoms in total. The molecule has 2 heterocycles. The van der Waals surface area contributed by atoms with Crippen molar-refractivity contribution in [3.8, 4) is 0 Å². The van der Waals surface area contributed by atoms with Gasteiger partial charge in [-0.3, -0.25) is 9.69 Å². The highest BCUT2D eigenvalue weighted by Gasteiger charge is 2.36. The number of carbonyl (C=O) groups is 1. The van der Waals surface area contributed by atoms with Crippen LogP contribution in [0.5, 0.6) is 0 Å². The highest BCUT2D eigenvalue weighted by atomic mass is 16.1. The number of H-pyrrole nitrogens is 1. The lowest BCUT2D eigenvalue weighted by Gasteiger charge is -2.41. The van der Waals surface area contributed by atoms with Gasteiger partial charge in [-0.15, -0.1) is 0 Å². The number of rotatable bonds is 3. The molecule has 1 aliphatic carbocycles. The van der Waals surface area contributed by atoms with Gasteiger partial charge in [0.25, 0.3) is 0 Å². The van der Waals surface area contributed by atoms with Gasteiger partial charge in [-0.25, -0.2) is 0 Å². The number of amides is 1. The Morgan fingerprint density at radius 3 is 3.09 bits per heavy atom. The van der Waals surface area contributed by atoms with Crippen molar-refractivity contribution in [2.24, 2.45) is 11.7 Å². The maximum atomic E-state index is 11.8. The highest BCUT2D eigenvalue weighted by Crippen LogP contribution is 2.41. The summed E-state index contributed by atoms with van der Waals surface area (Å²) in [4.78, 5) is 17.6. The third kappa shape index (κ3) is 1.91. The standard InChI is InChI=1S/C18H21N3O/c1-2-6-21-10-12(18(19)22)7-14-13-4-3-5-15-17(13)11(9-20-15)8-16(14)21/h3-5,7,9,12,16,20H,2,6,8,10H2,1H3,(H2,19,22)/t12?,16-/m1/s1. The van der Waals surface area contributed by atoms with E-state index in [1.165, 1.54) is 27.6 Å². The minimum absolute atomic E-state index is 0.187. The predicted octanol–water partition coefficient (Wildman–Crippen LogP) is 2.30. The number of nitrogens with two attached hydrogens (primary N) is 1. The number of hydrogen-bond donors (Lipinski definition) is 2. The fourth-order valence-electron chi connectivity index (χ4n) is 4.04. The summed E-state index contributed by atoms with van der Waals surface area (Å²) in [5, 5.41) is 1.31. The second kappa shape index (κ2) is 4.99. The maximum absolute atomic E-state index is 11.8. The van der Waals surface area contributed by atoms with E-state index in [1.54, 1.807) is 0 Å². The van der Waals surface area contributed by atoms with Crippen LogP contribution in [0, 0.1) is 5.92 Å². The molecule has 22 heavy (non-hydrogen) atoms. The van der Waals surface area contributed by atoms with Crippen LogP contribution in [0.15, 0.2) is 30.5 Å². The molecular weight excluding hydrogens is 274 g/mol. The summed E-state index contributed by atoms with van der Waals surface area (Å²) in [6, 6.07) is 6.73. The van der Waals surface area contributed by atoms with E-state index in [2.05, 4.69) is 47.3 Å². The quantitative estimate of drug-likeness (QED) is 0.912. The largest absolute Gasteiger partial charge is 0.369 e. The molecule has 1 aliphatic heterocycles. The first-order valence-electron chi connectivity index (χ1n) is 8.03. The summed E-state index contributed by atoms with van der Waals surface area (Å²) in [5.41, 5.74) is 10.7. The summed E-state index contributed by atoms with van der Waals surface area (Å²) in [7, 11) is 0. The molecule has 0 radical (unpaired) electrons. The molecular formula is C18H21N3O. The lowest BCUT2D eigenvalue weighted by molar-refractivity contribution is -0.121. The number of benzene rings is 1. The summed E-state index contributed by atoms with van der Waals surface area (Å²) in [5.74, 6) is -0.410. The maximum Gasteiger partial charge on any atom is 0.225 e. The zero-order valence-corrected chi connectivity index (χ0v) is 12.8. The summed E-state index contributed by atoms with van der Waals surface area (Å²) in [6.07, 6.45) is 6.34. The van der Waals surface area contributed by atoms with Crippen molar-refractivity contribution in [1.82, 2.24) is 9.88 Å². The van der Waals surface area contributed by atoms with E-state index in [0.29, 0.717) is 6.04 Å². The smallest absolute Gasteiger partial charge is 0.225 e. The Labute approximate surface area is 130 Å². The van der Waals surface area contributed by atoms with Crippen LogP contribution in [0.4, 0.5) is 0 Å². The summed E-state index contributed by atoms with van der Waals surface area (Å²) in [6.45, 7) is 3.93. The molecule has 2 aromatic rings. The molecule has 2 aliphatic rings. The van der Waals surface area contributed by atoms with Gasteiger partial charge in [0.05, 0.1) is 5.92 Å². The molecule has 1 aromatic carbocycles. The SMILES string of the molecule is CCCN1CC(C(N)=O)C=C2c3cccc4[nH]cc(c34)C[C@H]21. The minimum Gasteiger partial charge on any atom is -0.369 e. The Morgan fingerprint density at radius 2 is 2.32 bits per heavy atom. The lowest BCUT2D eigenvalue weighted by atomic mass is 9.79. The van der Waals surface area contributed by atoms with E-state index in [9.17, 15) is 4.79 Å². The molecule has 1 aromatic heterocycles. The third-order valence-corrected chi connectivity index (χ3v) is 5.00. The highest BCUT2D eigenvalue weighted by molar-refractivity contribution is 5.99. The molecule has 1 amide bonds. The van der Waals surface area contributed by atoms with E-state index in [4.69, 9.17) is 5.73 Å². The van der Waals surface area contributed by atoms with Crippen LogP contribution in [-0.2, 0) is 11.2 Å². The first-order valence-corrected chi connectivity index (χ1v) is 8.03. The van der Waals surface area contributed by atoms with Crippen molar-refractivity contribution in [2.45, 2.75) is 25.8 Å². The number of nitrogens with one attached hydrogen (secondary N) is 1. The van der Waals surface area contributed by atoms with Gasteiger partial charge in [0.2, 0.25) is 5.91 Å². The van der Waals surface area contributed by atoms with E-state index >= 15 is 0 Å². The van der Waals surface area contributed by atoms with Gasteiger partial charge in [-0.1, -0.05) is 25.1 Å². The van der Waals surface area contributed by atoms with Crippen molar-refractivity contribution in [3.05, 3.63) is 41.6 Å². The second-order valence-corrected chi connectivity index (χ2v) is 6.39. The van der Waals surface area contributed by atoms with E-state index < -0.39 is 0 Å². The molecule has 0 bridgehead atoms. The number of hydrogen-bond acceptors (Lipinski definition) is 2. The van der Waals surface area contributed by atoms with Gasteiger partial charge in [0, 0.05) is 29.7 Å². The normalized spacial score (nSPS) is 24.1. The van der Waals surface area contributed by atoms with Crippen molar-refractivity contribution >= 4 is 22.4 Å². The second-order valence-electron chi connectivity index (χ2n) is 6.39. The summed E-state index contributed by atoms with van der Waals surface area (Å²) >= 11 is 0. The Bertz CT molecular complexity index is 774. The minimum atomic E-state index is -0.223.